The second-order valence-corrected chi connectivity index (χ2v) is 7.48. The van der Waals surface area contributed by atoms with E-state index in [1.165, 1.54) is 58.4 Å². The molecule has 4 heteroatoms. The summed E-state index contributed by atoms with van der Waals surface area (Å²) in [6, 6.07) is 6.64. The number of nitrogens with zero attached hydrogens (tertiary/aromatic N) is 4. The SMILES string of the molecule is CCc1c2cccc(CC(C)c3c4c(nn3C)CCCC4)c2nn1C. The molecule has 0 fully saturated rings. The Morgan fingerprint density at radius 1 is 1.08 bits per heavy atom. The summed E-state index contributed by atoms with van der Waals surface area (Å²) in [6.45, 7) is 4.54. The Bertz CT molecular complexity index is 916. The predicted molar refractivity (Wildman–Crippen MR) is 102 cm³/mol. The van der Waals surface area contributed by atoms with Gasteiger partial charge in [0.1, 0.15) is 0 Å². The van der Waals surface area contributed by atoms with E-state index in [0.29, 0.717) is 5.92 Å². The zero-order valence-electron chi connectivity index (χ0n) is 15.8. The van der Waals surface area contributed by atoms with Crippen LogP contribution < -0.4 is 0 Å². The summed E-state index contributed by atoms with van der Waals surface area (Å²) < 4.78 is 4.18. The van der Waals surface area contributed by atoms with E-state index in [1.807, 2.05) is 4.68 Å². The molecule has 0 radical (unpaired) electrons. The van der Waals surface area contributed by atoms with Crippen molar-refractivity contribution in [2.75, 3.05) is 0 Å². The van der Waals surface area contributed by atoms with Crippen LogP contribution in [0.15, 0.2) is 18.2 Å². The summed E-state index contributed by atoms with van der Waals surface area (Å²) in [5.74, 6) is 0.456. The Kier molecular flexibility index (Phi) is 4.14. The number of hydrogen-bond donors (Lipinski definition) is 0. The van der Waals surface area contributed by atoms with Gasteiger partial charge >= 0.3 is 0 Å². The maximum Gasteiger partial charge on any atom is 0.0958 e. The Morgan fingerprint density at radius 2 is 1.88 bits per heavy atom. The summed E-state index contributed by atoms with van der Waals surface area (Å²) in [5, 5.41) is 10.9. The Balaban J connectivity index is 1.71. The lowest BCUT2D eigenvalue weighted by atomic mass is 9.88. The van der Waals surface area contributed by atoms with Crippen molar-refractivity contribution < 1.29 is 0 Å². The van der Waals surface area contributed by atoms with Gasteiger partial charge in [-0.15, -0.1) is 0 Å². The normalized spacial score (nSPS) is 15.5. The fourth-order valence-electron chi connectivity index (χ4n) is 4.66. The Labute approximate surface area is 149 Å². The molecular formula is C21H28N4. The molecule has 0 N–H and O–H groups in total. The molecule has 1 atom stereocenters. The fraction of sp³-hybridized carbons (Fsp3) is 0.524. The van der Waals surface area contributed by atoms with Gasteiger partial charge in [-0.05, 0) is 49.7 Å². The quantitative estimate of drug-likeness (QED) is 0.719. The average molecular weight is 336 g/mol. The Hall–Kier alpha value is -2.10. The monoisotopic (exact) mass is 336 g/mol. The van der Waals surface area contributed by atoms with Gasteiger partial charge in [-0.1, -0.05) is 32.0 Å². The van der Waals surface area contributed by atoms with Crippen LogP contribution in [0.2, 0.25) is 0 Å². The molecule has 0 saturated heterocycles. The van der Waals surface area contributed by atoms with Crippen molar-refractivity contribution in [2.45, 2.75) is 58.3 Å². The number of aromatic nitrogens is 4. The van der Waals surface area contributed by atoms with E-state index in [4.69, 9.17) is 10.2 Å². The lowest BCUT2D eigenvalue weighted by Crippen LogP contribution is -2.09. The van der Waals surface area contributed by atoms with Crippen LogP contribution in [-0.2, 0) is 39.8 Å². The largest absolute Gasteiger partial charge is 0.272 e. The maximum absolute atomic E-state index is 4.82. The van der Waals surface area contributed by atoms with Gasteiger partial charge in [0.05, 0.1) is 11.2 Å². The lowest BCUT2D eigenvalue weighted by molar-refractivity contribution is 0.629. The third-order valence-electron chi connectivity index (χ3n) is 5.77. The summed E-state index contributed by atoms with van der Waals surface area (Å²) in [6.07, 6.45) is 6.95. The number of aryl methyl sites for hydroxylation is 4. The maximum atomic E-state index is 4.82. The van der Waals surface area contributed by atoms with Crippen LogP contribution in [0.1, 0.15) is 60.8 Å². The molecule has 132 valence electrons. The molecule has 0 spiro atoms. The zero-order valence-corrected chi connectivity index (χ0v) is 15.8. The Morgan fingerprint density at radius 3 is 2.68 bits per heavy atom. The first-order valence-electron chi connectivity index (χ1n) is 9.58. The fourth-order valence-corrected chi connectivity index (χ4v) is 4.66. The zero-order chi connectivity index (χ0) is 17.6. The van der Waals surface area contributed by atoms with Crippen LogP contribution in [0.25, 0.3) is 10.9 Å². The van der Waals surface area contributed by atoms with Gasteiger partial charge in [-0.2, -0.15) is 10.2 Å². The highest BCUT2D eigenvalue weighted by atomic mass is 15.3. The molecule has 0 aliphatic heterocycles. The second-order valence-electron chi connectivity index (χ2n) is 7.48. The van der Waals surface area contributed by atoms with Crippen LogP contribution in [0, 0.1) is 0 Å². The van der Waals surface area contributed by atoms with Crippen molar-refractivity contribution in [1.29, 1.82) is 0 Å². The van der Waals surface area contributed by atoms with Crippen LogP contribution in [0.3, 0.4) is 0 Å². The molecule has 2 heterocycles. The van der Waals surface area contributed by atoms with Crippen LogP contribution >= 0.6 is 0 Å². The van der Waals surface area contributed by atoms with Crippen LogP contribution in [0.5, 0.6) is 0 Å². The third kappa shape index (κ3) is 2.68. The van der Waals surface area contributed by atoms with E-state index in [1.54, 1.807) is 0 Å². The molecule has 0 bridgehead atoms. The molecule has 4 nitrogen and oxygen atoms in total. The van der Waals surface area contributed by atoms with E-state index in [9.17, 15) is 0 Å². The number of fused-ring (bicyclic) bond motifs is 2. The minimum atomic E-state index is 0.456. The molecule has 1 aliphatic rings. The van der Waals surface area contributed by atoms with Crippen molar-refractivity contribution in [1.82, 2.24) is 19.6 Å². The van der Waals surface area contributed by atoms with E-state index in [-0.39, 0.29) is 0 Å². The number of rotatable bonds is 4. The van der Waals surface area contributed by atoms with Gasteiger partial charge in [0.25, 0.3) is 0 Å². The molecule has 1 unspecified atom stereocenters. The third-order valence-corrected chi connectivity index (χ3v) is 5.77. The highest BCUT2D eigenvalue weighted by molar-refractivity contribution is 5.84. The average Bonchev–Trinajstić information content (AvgIpc) is 3.10. The van der Waals surface area contributed by atoms with Crippen LogP contribution in [0.4, 0.5) is 0 Å². The summed E-state index contributed by atoms with van der Waals surface area (Å²) >= 11 is 0. The number of hydrogen-bond acceptors (Lipinski definition) is 2. The van der Waals surface area contributed by atoms with Gasteiger partial charge in [-0.25, -0.2) is 0 Å². The van der Waals surface area contributed by atoms with Crippen molar-refractivity contribution >= 4 is 10.9 Å². The smallest absolute Gasteiger partial charge is 0.0958 e. The predicted octanol–water partition coefficient (Wildman–Crippen LogP) is 4.09. The minimum Gasteiger partial charge on any atom is -0.272 e. The first kappa shape index (κ1) is 16.4. The molecular weight excluding hydrogens is 308 g/mol. The minimum absolute atomic E-state index is 0.456. The van der Waals surface area contributed by atoms with Gasteiger partial charge in [0, 0.05) is 36.8 Å². The second kappa shape index (κ2) is 6.32. The molecule has 3 aromatic rings. The molecule has 0 amide bonds. The summed E-state index contributed by atoms with van der Waals surface area (Å²) in [7, 11) is 4.17. The van der Waals surface area contributed by atoms with Crippen molar-refractivity contribution in [2.24, 2.45) is 14.1 Å². The van der Waals surface area contributed by atoms with E-state index >= 15 is 0 Å². The van der Waals surface area contributed by atoms with Crippen LogP contribution in [-0.4, -0.2) is 19.6 Å². The van der Waals surface area contributed by atoms with Crippen molar-refractivity contribution in [3.05, 3.63) is 46.4 Å². The highest BCUT2D eigenvalue weighted by Crippen LogP contribution is 2.32. The molecule has 25 heavy (non-hydrogen) atoms. The molecule has 0 saturated carbocycles. The van der Waals surface area contributed by atoms with E-state index < -0.39 is 0 Å². The van der Waals surface area contributed by atoms with E-state index in [0.717, 1.165) is 19.3 Å². The summed E-state index contributed by atoms with van der Waals surface area (Å²) in [4.78, 5) is 0. The highest BCUT2D eigenvalue weighted by Gasteiger charge is 2.24. The first-order chi connectivity index (χ1) is 12.1. The van der Waals surface area contributed by atoms with Gasteiger partial charge in [0.15, 0.2) is 0 Å². The van der Waals surface area contributed by atoms with Gasteiger partial charge < -0.3 is 0 Å². The first-order valence-corrected chi connectivity index (χ1v) is 9.58. The molecule has 2 aromatic heterocycles. The standard InChI is InChI=1S/C21H28N4/c1-5-19-17-11-8-9-15(20(17)23-24(19)3)13-14(2)21-16-10-6-7-12-18(16)22-25(21)4/h8-9,11,14H,5-7,10,12-13H2,1-4H3. The van der Waals surface area contributed by atoms with Gasteiger partial charge in [0.2, 0.25) is 0 Å². The lowest BCUT2D eigenvalue weighted by Gasteiger charge is -2.17. The van der Waals surface area contributed by atoms with E-state index in [2.05, 4.69) is 50.8 Å². The van der Waals surface area contributed by atoms with Gasteiger partial charge in [-0.3, -0.25) is 9.36 Å². The van der Waals surface area contributed by atoms with Crippen molar-refractivity contribution in [3.63, 3.8) is 0 Å². The number of benzene rings is 1. The summed E-state index contributed by atoms with van der Waals surface area (Å²) in [5.41, 5.74) is 8.13. The molecule has 1 aromatic carbocycles. The molecule has 1 aliphatic carbocycles. The van der Waals surface area contributed by atoms with Crippen molar-refractivity contribution in [3.8, 4) is 0 Å². The molecule has 4 rings (SSSR count). The topological polar surface area (TPSA) is 35.6 Å².